The van der Waals surface area contributed by atoms with E-state index in [1.807, 2.05) is 36.4 Å². The molecule has 94 valence electrons. The van der Waals surface area contributed by atoms with Crippen molar-refractivity contribution >= 4 is 0 Å². The molecule has 0 heterocycles. The molecule has 0 spiro atoms. The van der Waals surface area contributed by atoms with Crippen LogP contribution in [0.2, 0.25) is 0 Å². The van der Waals surface area contributed by atoms with Crippen molar-refractivity contribution in [2.24, 2.45) is 0 Å². The fourth-order valence-electron chi connectivity index (χ4n) is 1.81. The number of ether oxygens (including phenoxy) is 1. The lowest BCUT2D eigenvalue weighted by Crippen LogP contribution is -2.12. The topological polar surface area (TPSA) is 21.3 Å². The monoisotopic (exact) mass is 241 g/mol. The Balaban J connectivity index is 2.17. The minimum atomic E-state index is 0.832. The molecule has 0 aliphatic carbocycles. The first-order valence-electron chi connectivity index (χ1n) is 6.32. The van der Waals surface area contributed by atoms with Gasteiger partial charge in [0.05, 0.1) is 0 Å². The van der Waals surface area contributed by atoms with Gasteiger partial charge in [-0.25, -0.2) is 0 Å². The first-order valence-corrected chi connectivity index (χ1v) is 6.32. The van der Waals surface area contributed by atoms with E-state index in [4.69, 9.17) is 4.74 Å². The normalized spacial score (nSPS) is 10.3. The Kier molecular flexibility index (Phi) is 4.37. The highest BCUT2D eigenvalue weighted by molar-refractivity contribution is 5.38. The fraction of sp³-hybridized carbons (Fsp3) is 0.250. The molecule has 0 bridgehead atoms. The number of hydrogen-bond donors (Lipinski definition) is 1. The predicted molar refractivity (Wildman–Crippen MR) is 75.1 cm³/mol. The molecule has 0 saturated heterocycles. The summed E-state index contributed by atoms with van der Waals surface area (Å²) in [5.74, 6) is 1.81. The molecule has 0 unspecified atom stereocenters. The van der Waals surface area contributed by atoms with Crippen molar-refractivity contribution in [1.29, 1.82) is 0 Å². The molecule has 1 N–H and O–H groups in total. The summed E-state index contributed by atoms with van der Waals surface area (Å²) >= 11 is 0. The molecule has 0 aliphatic rings. The summed E-state index contributed by atoms with van der Waals surface area (Å²) in [6.45, 7) is 5.96. The molecule has 2 rings (SSSR count). The van der Waals surface area contributed by atoms with Gasteiger partial charge in [0.2, 0.25) is 0 Å². The van der Waals surface area contributed by atoms with Crippen molar-refractivity contribution in [2.45, 2.75) is 20.4 Å². The SMILES string of the molecule is CCNCc1ccccc1Oc1cccc(C)c1. The number of hydrogen-bond acceptors (Lipinski definition) is 2. The van der Waals surface area contributed by atoms with Crippen LogP contribution in [0.1, 0.15) is 18.1 Å². The Morgan fingerprint density at radius 2 is 1.89 bits per heavy atom. The minimum Gasteiger partial charge on any atom is -0.457 e. The molecule has 0 aromatic heterocycles. The average Bonchev–Trinajstić information content (AvgIpc) is 2.38. The molecule has 18 heavy (non-hydrogen) atoms. The van der Waals surface area contributed by atoms with Crippen molar-refractivity contribution in [3.63, 3.8) is 0 Å². The highest BCUT2D eigenvalue weighted by Crippen LogP contribution is 2.25. The second-order valence-corrected chi connectivity index (χ2v) is 4.31. The second-order valence-electron chi connectivity index (χ2n) is 4.31. The Morgan fingerprint density at radius 1 is 1.06 bits per heavy atom. The Labute approximate surface area is 109 Å². The molecule has 0 radical (unpaired) electrons. The molecular weight excluding hydrogens is 222 g/mol. The summed E-state index contributed by atoms with van der Waals surface area (Å²) in [4.78, 5) is 0. The zero-order valence-corrected chi connectivity index (χ0v) is 10.9. The van der Waals surface area contributed by atoms with E-state index in [2.05, 4.69) is 31.3 Å². The van der Waals surface area contributed by atoms with Crippen LogP contribution in [-0.4, -0.2) is 6.54 Å². The molecule has 0 atom stereocenters. The molecule has 0 fully saturated rings. The Hall–Kier alpha value is -1.80. The van der Waals surface area contributed by atoms with Crippen LogP contribution in [0.5, 0.6) is 11.5 Å². The summed E-state index contributed by atoms with van der Waals surface area (Å²) in [6, 6.07) is 16.2. The summed E-state index contributed by atoms with van der Waals surface area (Å²) in [5.41, 5.74) is 2.39. The molecule has 0 saturated carbocycles. The van der Waals surface area contributed by atoms with Gasteiger partial charge < -0.3 is 10.1 Å². The number of benzene rings is 2. The van der Waals surface area contributed by atoms with Gasteiger partial charge in [0.25, 0.3) is 0 Å². The standard InChI is InChI=1S/C16H19NO/c1-3-17-12-14-8-4-5-10-16(14)18-15-9-6-7-13(2)11-15/h4-11,17H,3,12H2,1-2H3. The molecular formula is C16H19NO. The largest absolute Gasteiger partial charge is 0.457 e. The Morgan fingerprint density at radius 3 is 2.67 bits per heavy atom. The van der Waals surface area contributed by atoms with Gasteiger partial charge in [-0.3, -0.25) is 0 Å². The average molecular weight is 241 g/mol. The van der Waals surface area contributed by atoms with Crippen LogP contribution < -0.4 is 10.1 Å². The summed E-state index contributed by atoms with van der Waals surface area (Å²) in [6.07, 6.45) is 0. The molecule has 2 nitrogen and oxygen atoms in total. The van der Waals surface area contributed by atoms with Crippen LogP contribution in [0.25, 0.3) is 0 Å². The lowest BCUT2D eigenvalue weighted by Gasteiger charge is -2.11. The van der Waals surface area contributed by atoms with Crippen molar-refractivity contribution < 1.29 is 4.74 Å². The smallest absolute Gasteiger partial charge is 0.131 e. The second kappa shape index (κ2) is 6.22. The third-order valence-corrected chi connectivity index (χ3v) is 2.76. The van der Waals surface area contributed by atoms with E-state index in [1.165, 1.54) is 11.1 Å². The summed E-state index contributed by atoms with van der Waals surface area (Å²) in [5, 5.41) is 3.32. The minimum absolute atomic E-state index is 0.832. The zero-order chi connectivity index (χ0) is 12.8. The zero-order valence-electron chi connectivity index (χ0n) is 10.9. The van der Waals surface area contributed by atoms with Gasteiger partial charge in [-0.15, -0.1) is 0 Å². The van der Waals surface area contributed by atoms with E-state index in [0.717, 1.165) is 24.6 Å². The highest BCUT2D eigenvalue weighted by atomic mass is 16.5. The van der Waals surface area contributed by atoms with Crippen molar-refractivity contribution in [3.05, 3.63) is 59.7 Å². The summed E-state index contributed by atoms with van der Waals surface area (Å²) in [7, 11) is 0. The van der Waals surface area contributed by atoms with Crippen LogP contribution in [0.4, 0.5) is 0 Å². The maximum absolute atomic E-state index is 5.95. The van der Waals surface area contributed by atoms with Gasteiger partial charge in [-0.05, 0) is 37.2 Å². The molecule has 2 heteroatoms. The Bertz CT molecular complexity index is 508. The van der Waals surface area contributed by atoms with Crippen LogP contribution >= 0.6 is 0 Å². The van der Waals surface area contributed by atoms with Crippen molar-refractivity contribution in [2.75, 3.05) is 6.54 Å². The van der Waals surface area contributed by atoms with Gasteiger partial charge in [-0.2, -0.15) is 0 Å². The lowest BCUT2D eigenvalue weighted by atomic mass is 10.2. The first-order chi connectivity index (χ1) is 8.79. The van der Waals surface area contributed by atoms with Gasteiger partial charge in [0.15, 0.2) is 0 Å². The van der Waals surface area contributed by atoms with Gasteiger partial charge >= 0.3 is 0 Å². The maximum atomic E-state index is 5.95. The third-order valence-electron chi connectivity index (χ3n) is 2.76. The van der Waals surface area contributed by atoms with Crippen molar-refractivity contribution in [3.8, 4) is 11.5 Å². The van der Waals surface area contributed by atoms with Crippen LogP contribution in [0.15, 0.2) is 48.5 Å². The number of rotatable bonds is 5. The molecule has 2 aromatic carbocycles. The molecule has 0 amide bonds. The van der Waals surface area contributed by atoms with Crippen LogP contribution in [0, 0.1) is 6.92 Å². The predicted octanol–water partition coefficient (Wildman–Crippen LogP) is 3.90. The van der Waals surface area contributed by atoms with Gasteiger partial charge in [0.1, 0.15) is 11.5 Å². The number of para-hydroxylation sites is 1. The van der Waals surface area contributed by atoms with Crippen molar-refractivity contribution in [1.82, 2.24) is 5.32 Å². The van der Waals surface area contributed by atoms with E-state index in [-0.39, 0.29) is 0 Å². The third kappa shape index (κ3) is 3.34. The van der Waals surface area contributed by atoms with Crippen LogP contribution in [-0.2, 0) is 6.54 Å². The number of aryl methyl sites for hydroxylation is 1. The van der Waals surface area contributed by atoms with Gasteiger partial charge in [0, 0.05) is 12.1 Å². The maximum Gasteiger partial charge on any atom is 0.131 e. The van der Waals surface area contributed by atoms with E-state index in [0.29, 0.717) is 0 Å². The lowest BCUT2D eigenvalue weighted by molar-refractivity contribution is 0.473. The van der Waals surface area contributed by atoms with E-state index in [1.54, 1.807) is 0 Å². The fourth-order valence-corrected chi connectivity index (χ4v) is 1.81. The quantitative estimate of drug-likeness (QED) is 0.857. The summed E-state index contributed by atoms with van der Waals surface area (Å²) < 4.78 is 5.95. The molecule has 0 aliphatic heterocycles. The van der Waals surface area contributed by atoms with E-state index >= 15 is 0 Å². The molecule has 2 aromatic rings. The highest BCUT2D eigenvalue weighted by Gasteiger charge is 2.03. The first kappa shape index (κ1) is 12.7. The van der Waals surface area contributed by atoms with Gasteiger partial charge in [-0.1, -0.05) is 37.3 Å². The number of nitrogens with one attached hydrogen (secondary N) is 1. The van der Waals surface area contributed by atoms with Crippen LogP contribution in [0.3, 0.4) is 0 Å². The van der Waals surface area contributed by atoms with E-state index < -0.39 is 0 Å². The van der Waals surface area contributed by atoms with E-state index in [9.17, 15) is 0 Å².